The number of rotatable bonds is 4. The first-order valence-electron chi connectivity index (χ1n) is 9.27. The summed E-state index contributed by atoms with van der Waals surface area (Å²) in [6.07, 6.45) is -4.82. The molecule has 0 aliphatic carbocycles. The van der Waals surface area contributed by atoms with Crippen LogP contribution in [0.3, 0.4) is 0 Å². The van der Waals surface area contributed by atoms with Gasteiger partial charge in [-0.2, -0.15) is 0 Å². The van der Waals surface area contributed by atoms with Crippen molar-refractivity contribution in [2.75, 3.05) is 13.1 Å². The van der Waals surface area contributed by atoms with E-state index in [1.807, 2.05) is 0 Å². The smallest absolute Gasteiger partial charge is 0.445 e. The van der Waals surface area contributed by atoms with E-state index in [-0.39, 0.29) is 12.6 Å². The quantitative estimate of drug-likeness (QED) is 0.636. The second-order valence-electron chi connectivity index (χ2n) is 7.81. The Morgan fingerprint density at radius 1 is 1.17 bits per heavy atom. The van der Waals surface area contributed by atoms with Crippen LogP contribution in [-0.2, 0) is 16.1 Å². The van der Waals surface area contributed by atoms with Gasteiger partial charge >= 0.3 is 18.5 Å². The Morgan fingerprint density at radius 3 is 2.37 bits per heavy atom. The Morgan fingerprint density at radius 2 is 1.80 bits per heavy atom. The number of benzene rings is 1. The van der Waals surface area contributed by atoms with Crippen LogP contribution >= 0.6 is 15.9 Å². The summed E-state index contributed by atoms with van der Waals surface area (Å²) < 4.78 is 51.8. The van der Waals surface area contributed by atoms with Crippen molar-refractivity contribution in [3.63, 3.8) is 0 Å². The fourth-order valence-corrected chi connectivity index (χ4v) is 3.33. The van der Waals surface area contributed by atoms with E-state index in [0.717, 1.165) is 6.07 Å². The molecule has 0 bridgehead atoms. The third-order valence-corrected chi connectivity index (χ3v) is 4.46. The van der Waals surface area contributed by atoms with Crippen molar-refractivity contribution in [1.29, 1.82) is 0 Å². The standard InChI is InChI=1S/C19H24BrF3N2O5/c1-18(2,3)30-16(26)24-14-4-6-25(7-5-14)17(27)28-11-12-8-13(20)10-15(9-12)29-19(21,22)23/h8-10,14H,4-7,11H2,1-3H3,(H,24,26). The van der Waals surface area contributed by atoms with E-state index in [2.05, 4.69) is 26.0 Å². The predicted molar refractivity (Wildman–Crippen MR) is 105 cm³/mol. The van der Waals surface area contributed by atoms with E-state index in [1.54, 1.807) is 20.8 Å². The number of amides is 2. The van der Waals surface area contributed by atoms with Crippen molar-refractivity contribution < 1.29 is 37.0 Å². The highest BCUT2D eigenvalue weighted by molar-refractivity contribution is 9.10. The van der Waals surface area contributed by atoms with E-state index in [0.29, 0.717) is 36.0 Å². The molecule has 11 heteroatoms. The SMILES string of the molecule is CC(C)(C)OC(=O)NC1CCN(C(=O)OCc2cc(Br)cc(OC(F)(F)F)c2)CC1. The molecule has 1 aromatic carbocycles. The van der Waals surface area contributed by atoms with Gasteiger partial charge in [-0.05, 0) is 57.4 Å². The number of nitrogens with one attached hydrogen (secondary N) is 1. The molecule has 1 aliphatic heterocycles. The molecule has 168 valence electrons. The Bertz CT molecular complexity index is 760. The predicted octanol–water partition coefficient (Wildman–Crippen LogP) is 4.97. The van der Waals surface area contributed by atoms with Crippen molar-refractivity contribution in [2.24, 2.45) is 0 Å². The van der Waals surface area contributed by atoms with E-state index >= 15 is 0 Å². The number of nitrogens with zero attached hydrogens (tertiary/aromatic N) is 1. The van der Waals surface area contributed by atoms with Gasteiger partial charge in [-0.25, -0.2) is 9.59 Å². The van der Waals surface area contributed by atoms with E-state index in [9.17, 15) is 22.8 Å². The third kappa shape index (κ3) is 8.68. The summed E-state index contributed by atoms with van der Waals surface area (Å²) in [5.41, 5.74) is -0.245. The van der Waals surface area contributed by atoms with E-state index in [1.165, 1.54) is 17.0 Å². The molecular weight excluding hydrogens is 473 g/mol. The normalized spacial score (nSPS) is 15.5. The first-order chi connectivity index (χ1) is 13.8. The lowest BCUT2D eigenvalue weighted by molar-refractivity contribution is -0.274. The third-order valence-electron chi connectivity index (χ3n) is 4.00. The molecule has 1 N–H and O–H groups in total. The van der Waals surface area contributed by atoms with Gasteiger partial charge in [-0.3, -0.25) is 0 Å². The summed E-state index contributed by atoms with van der Waals surface area (Å²) in [5, 5.41) is 2.77. The average molecular weight is 497 g/mol. The van der Waals surface area contributed by atoms with Crippen LogP contribution in [0.1, 0.15) is 39.2 Å². The molecule has 2 rings (SSSR count). The van der Waals surface area contributed by atoms with Crippen LogP contribution in [0.5, 0.6) is 5.75 Å². The molecule has 0 atom stereocenters. The van der Waals surface area contributed by atoms with Gasteiger partial charge in [-0.15, -0.1) is 13.2 Å². The molecule has 1 fully saturated rings. The van der Waals surface area contributed by atoms with Gasteiger partial charge in [0.1, 0.15) is 18.0 Å². The zero-order valence-electron chi connectivity index (χ0n) is 16.8. The average Bonchev–Trinajstić information content (AvgIpc) is 2.56. The Labute approximate surface area is 181 Å². The summed E-state index contributed by atoms with van der Waals surface area (Å²) in [5.74, 6) is -0.406. The number of halogens is 4. The first kappa shape index (κ1) is 24.1. The summed E-state index contributed by atoms with van der Waals surface area (Å²) in [4.78, 5) is 25.6. The Balaban J connectivity index is 1.81. The molecule has 30 heavy (non-hydrogen) atoms. The number of likely N-dealkylation sites (tertiary alicyclic amines) is 1. The number of hydrogen-bond donors (Lipinski definition) is 1. The first-order valence-corrected chi connectivity index (χ1v) is 10.1. The Kier molecular flexibility index (Phi) is 7.84. The number of piperidine rings is 1. The Hall–Kier alpha value is -2.17. The highest BCUT2D eigenvalue weighted by atomic mass is 79.9. The number of carbonyl (C=O) groups excluding carboxylic acids is 2. The maximum Gasteiger partial charge on any atom is 0.573 e. The minimum Gasteiger partial charge on any atom is -0.445 e. The van der Waals surface area contributed by atoms with Crippen LogP contribution in [0.4, 0.5) is 22.8 Å². The van der Waals surface area contributed by atoms with Gasteiger partial charge in [-0.1, -0.05) is 15.9 Å². The lowest BCUT2D eigenvalue weighted by Crippen LogP contribution is -2.47. The zero-order chi connectivity index (χ0) is 22.5. The molecule has 0 aromatic heterocycles. The minimum atomic E-state index is -4.81. The molecule has 0 saturated carbocycles. The van der Waals surface area contributed by atoms with Gasteiger partial charge in [0.05, 0.1) is 0 Å². The topological polar surface area (TPSA) is 77.1 Å². The summed E-state index contributed by atoms with van der Waals surface area (Å²) in [6, 6.07) is 3.74. The molecule has 0 unspecified atom stereocenters. The van der Waals surface area contributed by atoms with Crippen LogP contribution in [0, 0.1) is 0 Å². The number of alkyl carbamates (subject to hydrolysis) is 1. The van der Waals surface area contributed by atoms with Crippen LogP contribution in [0.25, 0.3) is 0 Å². The number of carbonyl (C=O) groups is 2. The lowest BCUT2D eigenvalue weighted by atomic mass is 10.1. The number of ether oxygens (including phenoxy) is 3. The molecule has 1 heterocycles. The molecule has 1 saturated heterocycles. The van der Waals surface area contributed by atoms with Crippen molar-refractivity contribution in [2.45, 2.75) is 58.2 Å². The highest BCUT2D eigenvalue weighted by Gasteiger charge is 2.31. The molecule has 0 radical (unpaired) electrons. The second-order valence-corrected chi connectivity index (χ2v) is 8.72. The van der Waals surface area contributed by atoms with Gasteiger partial charge in [0.2, 0.25) is 0 Å². The fourth-order valence-electron chi connectivity index (χ4n) is 2.81. The summed E-state index contributed by atoms with van der Waals surface area (Å²) >= 11 is 3.11. The van der Waals surface area contributed by atoms with Gasteiger partial charge < -0.3 is 24.4 Å². The van der Waals surface area contributed by atoms with Crippen LogP contribution in [-0.4, -0.2) is 48.2 Å². The van der Waals surface area contributed by atoms with Crippen molar-refractivity contribution in [1.82, 2.24) is 10.2 Å². The monoisotopic (exact) mass is 496 g/mol. The number of hydrogen-bond acceptors (Lipinski definition) is 5. The fraction of sp³-hybridized carbons (Fsp3) is 0.579. The van der Waals surface area contributed by atoms with E-state index in [4.69, 9.17) is 9.47 Å². The minimum absolute atomic E-state index is 0.115. The van der Waals surface area contributed by atoms with E-state index < -0.39 is 29.9 Å². The van der Waals surface area contributed by atoms with Gasteiger partial charge in [0.25, 0.3) is 0 Å². The molecule has 0 spiro atoms. The van der Waals surface area contributed by atoms with Crippen LogP contribution in [0.15, 0.2) is 22.7 Å². The molecule has 2 amide bonds. The molecule has 1 aromatic rings. The van der Waals surface area contributed by atoms with Gasteiger partial charge in [0.15, 0.2) is 0 Å². The van der Waals surface area contributed by atoms with Crippen LogP contribution < -0.4 is 10.1 Å². The zero-order valence-corrected chi connectivity index (χ0v) is 18.4. The molecule has 7 nitrogen and oxygen atoms in total. The van der Waals surface area contributed by atoms with Crippen molar-refractivity contribution in [3.8, 4) is 5.75 Å². The maximum absolute atomic E-state index is 12.4. The molecule has 1 aliphatic rings. The maximum atomic E-state index is 12.4. The number of alkyl halides is 3. The van der Waals surface area contributed by atoms with Crippen molar-refractivity contribution in [3.05, 3.63) is 28.2 Å². The summed E-state index contributed by atoms with van der Waals surface area (Å²) in [7, 11) is 0. The van der Waals surface area contributed by atoms with Gasteiger partial charge in [0, 0.05) is 23.6 Å². The lowest BCUT2D eigenvalue weighted by Gasteiger charge is -2.32. The van der Waals surface area contributed by atoms with Crippen molar-refractivity contribution >= 4 is 28.1 Å². The highest BCUT2D eigenvalue weighted by Crippen LogP contribution is 2.27. The van der Waals surface area contributed by atoms with Crippen LogP contribution in [0.2, 0.25) is 0 Å². The molecular formula is C19H24BrF3N2O5. The second kappa shape index (κ2) is 9.76. The largest absolute Gasteiger partial charge is 0.573 e. The summed E-state index contributed by atoms with van der Waals surface area (Å²) in [6.45, 7) is 5.86.